The van der Waals surface area contributed by atoms with Gasteiger partial charge < -0.3 is 10.6 Å². The highest BCUT2D eigenvalue weighted by Crippen LogP contribution is 2.17. The van der Waals surface area contributed by atoms with E-state index in [1.165, 1.54) is 0 Å². The molecule has 0 aromatic heterocycles. The topological polar surface area (TPSA) is 58.2 Å². The van der Waals surface area contributed by atoms with Crippen molar-refractivity contribution in [3.63, 3.8) is 0 Å². The molecule has 4 nitrogen and oxygen atoms in total. The van der Waals surface area contributed by atoms with E-state index in [0.29, 0.717) is 11.3 Å². The van der Waals surface area contributed by atoms with Crippen molar-refractivity contribution in [3.05, 3.63) is 29.8 Å². The molecule has 0 unspecified atom stereocenters. The fraction of sp³-hybridized carbons (Fsp3) is 0.500. The number of amides is 2. The molecule has 0 aliphatic rings. The van der Waals surface area contributed by atoms with Crippen LogP contribution in [0.1, 0.15) is 51.4 Å². The minimum absolute atomic E-state index is 0.0469. The molecule has 0 spiro atoms. The Balaban J connectivity index is 2.70. The normalized spacial score (nSPS) is 12.7. The van der Waals surface area contributed by atoms with Crippen molar-refractivity contribution in [2.45, 2.75) is 47.1 Å². The van der Waals surface area contributed by atoms with E-state index in [9.17, 15) is 9.59 Å². The Kier molecular flexibility index (Phi) is 5.31. The number of anilines is 1. The second kappa shape index (κ2) is 6.55. The number of carbonyl (C=O) groups excluding carboxylic acids is 2. The van der Waals surface area contributed by atoms with Crippen LogP contribution in [0.3, 0.4) is 0 Å². The number of hydrogen-bond acceptors (Lipinski definition) is 2. The van der Waals surface area contributed by atoms with Gasteiger partial charge in [-0.05, 0) is 37.6 Å². The maximum atomic E-state index is 11.9. The van der Waals surface area contributed by atoms with Crippen molar-refractivity contribution in [1.82, 2.24) is 5.32 Å². The molecule has 1 rings (SSSR count). The average Bonchev–Trinajstić information content (AvgIpc) is 2.38. The molecular weight excluding hydrogens is 252 g/mol. The molecule has 0 heterocycles. The van der Waals surface area contributed by atoms with Gasteiger partial charge in [-0.3, -0.25) is 9.59 Å². The van der Waals surface area contributed by atoms with Crippen LogP contribution in [0.25, 0.3) is 0 Å². The monoisotopic (exact) mass is 276 g/mol. The van der Waals surface area contributed by atoms with E-state index in [4.69, 9.17) is 0 Å². The summed E-state index contributed by atoms with van der Waals surface area (Å²) in [6.07, 6.45) is 0.894. The average molecular weight is 276 g/mol. The Labute approximate surface area is 121 Å². The van der Waals surface area contributed by atoms with Crippen LogP contribution in [-0.4, -0.2) is 17.9 Å². The van der Waals surface area contributed by atoms with E-state index in [1.807, 2.05) is 34.6 Å². The summed E-state index contributed by atoms with van der Waals surface area (Å²) in [7, 11) is 0. The number of nitrogens with one attached hydrogen (secondary N) is 2. The third-order valence-electron chi connectivity index (χ3n) is 3.08. The van der Waals surface area contributed by atoms with Gasteiger partial charge in [-0.15, -0.1) is 0 Å². The first-order valence-corrected chi connectivity index (χ1v) is 6.96. The van der Waals surface area contributed by atoms with Crippen LogP contribution >= 0.6 is 0 Å². The van der Waals surface area contributed by atoms with Crippen molar-refractivity contribution >= 4 is 17.5 Å². The lowest BCUT2D eigenvalue weighted by Crippen LogP contribution is -2.31. The van der Waals surface area contributed by atoms with Crippen molar-refractivity contribution in [2.75, 3.05) is 5.32 Å². The lowest BCUT2D eigenvalue weighted by atomic mass is 9.95. The van der Waals surface area contributed by atoms with Gasteiger partial charge in [0.25, 0.3) is 5.91 Å². The molecule has 0 aliphatic carbocycles. The first-order chi connectivity index (χ1) is 9.24. The molecule has 0 saturated heterocycles. The van der Waals surface area contributed by atoms with Crippen LogP contribution in [0.5, 0.6) is 0 Å². The van der Waals surface area contributed by atoms with Gasteiger partial charge in [0, 0.05) is 22.7 Å². The Bertz CT molecular complexity index is 472. The Morgan fingerprint density at radius 3 is 2.15 bits per heavy atom. The van der Waals surface area contributed by atoms with Gasteiger partial charge in [-0.2, -0.15) is 0 Å². The molecule has 2 amide bonds. The van der Waals surface area contributed by atoms with Gasteiger partial charge in [0.05, 0.1) is 0 Å². The predicted octanol–water partition coefficient (Wildman–Crippen LogP) is 3.20. The zero-order valence-electron chi connectivity index (χ0n) is 12.9. The van der Waals surface area contributed by atoms with Crippen LogP contribution < -0.4 is 10.6 Å². The van der Waals surface area contributed by atoms with Crippen molar-refractivity contribution in [2.24, 2.45) is 5.41 Å². The van der Waals surface area contributed by atoms with E-state index >= 15 is 0 Å². The van der Waals surface area contributed by atoms with E-state index < -0.39 is 5.41 Å². The van der Waals surface area contributed by atoms with Gasteiger partial charge in [0.1, 0.15) is 0 Å². The van der Waals surface area contributed by atoms with E-state index in [1.54, 1.807) is 24.3 Å². The molecule has 1 aromatic rings. The largest absolute Gasteiger partial charge is 0.350 e. The Morgan fingerprint density at radius 1 is 1.15 bits per heavy atom. The smallest absolute Gasteiger partial charge is 0.251 e. The molecule has 4 heteroatoms. The fourth-order valence-corrected chi connectivity index (χ4v) is 1.43. The lowest BCUT2D eigenvalue weighted by molar-refractivity contribution is -0.123. The molecular formula is C16H24N2O2. The quantitative estimate of drug-likeness (QED) is 0.887. The van der Waals surface area contributed by atoms with Crippen LogP contribution in [0, 0.1) is 5.41 Å². The van der Waals surface area contributed by atoms with E-state index in [0.717, 1.165) is 6.42 Å². The van der Waals surface area contributed by atoms with Gasteiger partial charge in [-0.25, -0.2) is 0 Å². The third-order valence-corrected chi connectivity index (χ3v) is 3.08. The summed E-state index contributed by atoms with van der Waals surface area (Å²) in [5, 5.41) is 5.73. The fourth-order valence-electron chi connectivity index (χ4n) is 1.43. The molecule has 0 radical (unpaired) electrons. The summed E-state index contributed by atoms with van der Waals surface area (Å²) in [6, 6.07) is 7.08. The van der Waals surface area contributed by atoms with Crippen molar-refractivity contribution in [1.29, 1.82) is 0 Å². The third kappa shape index (κ3) is 4.68. The standard InChI is InChI=1S/C16H24N2O2/c1-6-11(2)17-14(19)12-7-9-13(10-8-12)18-15(20)16(3,4)5/h7-11H,6H2,1-5H3,(H,17,19)(H,18,20)/t11-/m1/s1. The number of carbonyl (C=O) groups is 2. The summed E-state index contributed by atoms with van der Waals surface area (Å²) in [4.78, 5) is 23.8. The maximum absolute atomic E-state index is 11.9. The molecule has 1 atom stereocenters. The molecule has 0 bridgehead atoms. The van der Waals surface area contributed by atoms with Crippen LogP contribution in [0.15, 0.2) is 24.3 Å². The Morgan fingerprint density at radius 2 is 1.70 bits per heavy atom. The highest BCUT2D eigenvalue weighted by molar-refractivity contribution is 5.97. The summed E-state index contributed by atoms with van der Waals surface area (Å²) in [6.45, 7) is 9.56. The minimum atomic E-state index is -0.438. The molecule has 0 fully saturated rings. The molecule has 2 N–H and O–H groups in total. The highest BCUT2D eigenvalue weighted by atomic mass is 16.2. The van der Waals surface area contributed by atoms with Gasteiger partial charge >= 0.3 is 0 Å². The summed E-state index contributed by atoms with van der Waals surface area (Å²) in [5.41, 5.74) is 0.858. The van der Waals surface area contributed by atoms with Gasteiger partial charge in [0.2, 0.25) is 5.91 Å². The van der Waals surface area contributed by atoms with Crippen LogP contribution in [0.4, 0.5) is 5.69 Å². The van der Waals surface area contributed by atoms with Crippen LogP contribution in [-0.2, 0) is 4.79 Å². The molecule has 20 heavy (non-hydrogen) atoms. The number of rotatable bonds is 4. The molecule has 0 aliphatic heterocycles. The summed E-state index contributed by atoms with van der Waals surface area (Å²) >= 11 is 0. The second-order valence-electron chi connectivity index (χ2n) is 6.06. The SMILES string of the molecule is CC[C@@H](C)NC(=O)c1ccc(NC(=O)C(C)(C)C)cc1. The van der Waals surface area contributed by atoms with Crippen LogP contribution in [0.2, 0.25) is 0 Å². The number of hydrogen-bond donors (Lipinski definition) is 2. The molecule has 0 saturated carbocycles. The van der Waals surface area contributed by atoms with E-state index in [2.05, 4.69) is 10.6 Å². The second-order valence-corrected chi connectivity index (χ2v) is 6.06. The van der Waals surface area contributed by atoms with Crippen molar-refractivity contribution < 1.29 is 9.59 Å². The van der Waals surface area contributed by atoms with E-state index in [-0.39, 0.29) is 17.9 Å². The van der Waals surface area contributed by atoms with Gasteiger partial charge in [-0.1, -0.05) is 27.7 Å². The highest BCUT2D eigenvalue weighted by Gasteiger charge is 2.21. The lowest BCUT2D eigenvalue weighted by Gasteiger charge is -2.17. The zero-order valence-corrected chi connectivity index (χ0v) is 12.9. The molecule has 1 aromatic carbocycles. The maximum Gasteiger partial charge on any atom is 0.251 e. The Hall–Kier alpha value is -1.84. The van der Waals surface area contributed by atoms with Gasteiger partial charge in [0.15, 0.2) is 0 Å². The predicted molar refractivity (Wildman–Crippen MR) is 81.7 cm³/mol. The number of benzene rings is 1. The summed E-state index contributed by atoms with van der Waals surface area (Å²) < 4.78 is 0. The summed E-state index contributed by atoms with van der Waals surface area (Å²) in [5.74, 6) is -0.137. The zero-order chi connectivity index (χ0) is 15.3. The first-order valence-electron chi connectivity index (χ1n) is 6.96. The molecule has 110 valence electrons. The van der Waals surface area contributed by atoms with Crippen molar-refractivity contribution in [3.8, 4) is 0 Å². The minimum Gasteiger partial charge on any atom is -0.350 e. The first kappa shape index (κ1) is 16.2.